The first kappa shape index (κ1) is 20.9. The molecule has 1 aliphatic rings. The van der Waals surface area contributed by atoms with Crippen molar-refractivity contribution in [3.63, 3.8) is 0 Å². The van der Waals surface area contributed by atoms with Crippen LogP contribution in [0.3, 0.4) is 0 Å². The zero-order valence-corrected chi connectivity index (χ0v) is 18.3. The summed E-state index contributed by atoms with van der Waals surface area (Å²) < 4.78 is 5.39. The first-order valence-corrected chi connectivity index (χ1v) is 11.3. The number of carbonyl (C=O) groups excluding carboxylic acids is 1. The van der Waals surface area contributed by atoms with E-state index in [4.69, 9.17) is 4.42 Å². The Morgan fingerprint density at radius 3 is 2.24 bits per heavy atom. The van der Waals surface area contributed by atoms with Crippen molar-refractivity contribution in [1.29, 1.82) is 0 Å². The van der Waals surface area contributed by atoms with Crippen molar-refractivity contribution < 1.29 is 9.21 Å². The summed E-state index contributed by atoms with van der Waals surface area (Å²) in [5.74, 6) is 1.43. The number of aromatic nitrogens is 2. The van der Waals surface area contributed by atoms with Crippen molar-refractivity contribution in [2.75, 3.05) is 18.0 Å². The smallest absolute Gasteiger partial charge is 0.225 e. The minimum Gasteiger partial charge on any atom is -0.463 e. The highest BCUT2D eigenvalue weighted by Gasteiger charge is 2.29. The molecule has 4 aromatic rings. The third-order valence-corrected chi connectivity index (χ3v) is 6.09. The molecule has 2 aromatic heterocycles. The number of piperidine rings is 1. The molecule has 0 saturated carbocycles. The molecule has 166 valence electrons. The quantitative estimate of drug-likeness (QED) is 0.466. The van der Waals surface area contributed by atoms with Gasteiger partial charge in [-0.25, -0.2) is 0 Å². The van der Waals surface area contributed by atoms with Crippen molar-refractivity contribution in [3.05, 3.63) is 102 Å². The number of amides is 1. The van der Waals surface area contributed by atoms with Gasteiger partial charge in [0.05, 0.1) is 18.2 Å². The van der Waals surface area contributed by atoms with Gasteiger partial charge in [0.1, 0.15) is 5.69 Å². The monoisotopic (exact) mass is 438 g/mol. The van der Waals surface area contributed by atoms with E-state index in [0.717, 1.165) is 36.3 Å². The molecular formula is C27H26N4O2. The van der Waals surface area contributed by atoms with Gasteiger partial charge in [0.15, 0.2) is 11.6 Å². The standard InChI is InChI=1S/C27H26N4O2/c32-27(28-26(20-9-3-1-4-10-20)21-11-5-2-6-12-21)22-13-7-17-31(19-22)25-16-15-23(29-30-25)24-14-8-18-33-24/h1-6,8-12,14-16,18,22,26H,7,13,17,19H2,(H,28,32). The maximum Gasteiger partial charge on any atom is 0.225 e. The summed E-state index contributed by atoms with van der Waals surface area (Å²) in [5.41, 5.74) is 2.84. The Bertz CT molecular complexity index is 1120. The lowest BCUT2D eigenvalue weighted by Gasteiger charge is -2.33. The number of anilines is 1. The van der Waals surface area contributed by atoms with Gasteiger partial charge in [-0.15, -0.1) is 10.2 Å². The van der Waals surface area contributed by atoms with E-state index in [0.29, 0.717) is 18.0 Å². The van der Waals surface area contributed by atoms with Gasteiger partial charge in [-0.2, -0.15) is 0 Å². The van der Waals surface area contributed by atoms with Crippen LogP contribution >= 0.6 is 0 Å². The molecule has 1 atom stereocenters. The predicted octanol–water partition coefficient (Wildman–Crippen LogP) is 4.86. The minimum atomic E-state index is -0.178. The Kier molecular flexibility index (Phi) is 6.15. The molecular weight excluding hydrogens is 412 g/mol. The Morgan fingerprint density at radius 1 is 0.909 bits per heavy atom. The first-order chi connectivity index (χ1) is 16.3. The summed E-state index contributed by atoms with van der Waals surface area (Å²) in [6.45, 7) is 1.48. The number of furan rings is 1. The molecule has 1 saturated heterocycles. The molecule has 1 unspecified atom stereocenters. The molecule has 6 nitrogen and oxygen atoms in total. The highest BCUT2D eigenvalue weighted by molar-refractivity contribution is 5.80. The first-order valence-electron chi connectivity index (χ1n) is 11.3. The average molecular weight is 439 g/mol. The third-order valence-electron chi connectivity index (χ3n) is 6.09. The van der Waals surface area contributed by atoms with Gasteiger partial charge in [0.2, 0.25) is 5.91 Å². The molecule has 1 fully saturated rings. The second kappa shape index (κ2) is 9.69. The number of nitrogens with zero attached hydrogens (tertiary/aromatic N) is 3. The number of carbonyl (C=O) groups is 1. The van der Waals surface area contributed by atoms with Gasteiger partial charge < -0.3 is 14.6 Å². The van der Waals surface area contributed by atoms with Crippen molar-refractivity contribution in [2.24, 2.45) is 5.92 Å². The lowest BCUT2D eigenvalue weighted by Crippen LogP contribution is -2.44. The van der Waals surface area contributed by atoms with E-state index >= 15 is 0 Å². The molecule has 5 rings (SSSR count). The number of hydrogen-bond acceptors (Lipinski definition) is 5. The molecule has 0 aliphatic carbocycles. The highest BCUT2D eigenvalue weighted by Crippen LogP contribution is 2.26. The SMILES string of the molecule is O=C(NC(c1ccccc1)c1ccccc1)C1CCCN(c2ccc(-c3ccco3)nn2)C1. The number of hydrogen-bond donors (Lipinski definition) is 1. The molecule has 1 amide bonds. The number of benzene rings is 2. The van der Waals surface area contributed by atoms with Crippen LogP contribution in [-0.2, 0) is 4.79 Å². The van der Waals surface area contributed by atoms with Gasteiger partial charge in [0.25, 0.3) is 0 Å². The summed E-state index contributed by atoms with van der Waals surface area (Å²) in [6.07, 6.45) is 3.41. The largest absolute Gasteiger partial charge is 0.463 e. The van der Waals surface area contributed by atoms with E-state index in [9.17, 15) is 4.79 Å². The van der Waals surface area contributed by atoms with Gasteiger partial charge in [0, 0.05) is 13.1 Å². The van der Waals surface area contributed by atoms with Crippen molar-refractivity contribution in [1.82, 2.24) is 15.5 Å². The van der Waals surface area contributed by atoms with Crippen LogP contribution in [0.5, 0.6) is 0 Å². The second-order valence-electron chi connectivity index (χ2n) is 8.30. The van der Waals surface area contributed by atoms with Gasteiger partial charge in [-0.1, -0.05) is 60.7 Å². The Balaban J connectivity index is 1.30. The fourth-order valence-electron chi connectivity index (χ4n) is 4.36. The van der Waals surface area contributed by atoms with E-state index in [1.165, 1.54) is 0 Å². The van der Waals surface area contributed by atoms with Crippen LogP contribution in [0.15, 0.2) is 95.6 Å². The van der Waals surface area contributed by atoms with Crippen LogP contribution in [0.1, 0.15) is 30.0 Å². The van der Waals surface area contributed by atoms with Crippen LogP contribution in [0, 0.1) is 5.92 Å². The van der Waals surface area contributed by atoms with Crippen LogP contribution in [0.2, 0.25) is 0 Å². The molecule has 2 aromatic carbocycles. The average Bonchev–Trinajstić information content (AvgIpc) is 3.43. The molecule has 1 aliphatic heterocycles. The van der Waals surface area contributed by atoms with E-state index in [2.05, 4.69) is 44.7 Å². The molecule has 3 heterocycles. The Hall–Kier alpha value is -3.93. The van der Waals surface area contributed by atoms with Crippen LogP contribution in [-0.4, -0.2) is 29.2 Å². The molecule has 0 spiro atoms. The summed E-state index contributed by atoms with van der Waals surface area (Å²) in [6, 6.07) is 27.6. The van der Waals surface area contributed by atoms with Crippen LogP contribution in [0.4, 0.5) is 5.82 Å². The van der Waals surface area contributed by atoms with Crippen molar-refractivity contribution in [2.45, 2.75) is 18.9 Å². The predicted molar refractivity (Wildman–Crippen MR) is 128 cm³/mol. The van der Waals surface area contributed by atoms with Gasteiger partial charge in [-0.3, -0.25) is 4.79 Å². The third kappa shape index (κ3) is 4.80. The molecule has 0 radical (unpaired) electrons. The Morgan fingerprint density at radius 2 is 1.64 bits per heavy atom. The maximum atomic E-state index is 13.4. The highest BCUT2D eigenvalue weighted by atomic mass is 16.3. The fourth-order valence-corrected chi connectivity index (χ4v) is 4.36. The van der Waals surface area contributed by atoms with Crippen LogP contribution in [0.25, 0.3) is 11.5 Å². The van der Waals surface area contributed by atoms with E-state index in [1.54, 1.807) is 6.26 Å². The van der Waals surface area contributed by atoms with Gasteiger partial charge in [-0.05, 0) is 48.2 Å². The summed E-state index contributed by atoms with van der Waals surface area (Å²) in [7, 11) is 0. The number of nitrogens with one attached hydrogen (secondary N) is 1. The van der Waals surface area contributed by atoms with Gasteiger partial charge >= 0.3 is 0 Å². The summed E-state index contributed by atoms with van der Waals surface area (Å²) in [4.78, 5) is 15.5. The molecule has 0 bridgehead atoms. The zero-order chi connectivity index (χ0) is 22.5. The van der Waals surface area contributed by atoms with Crippen molar-refractivity contribution >= 4 is 11.7 Å². The molecule has 1 N–H and O–H groups in total. The number of rotatable bonds is 6. The zero-order valence-electron chi connectivity index (χ0n) is 18.3. The van der Waals surface area contributed by atoms with E-state index in [-0.39, 0.29) is 17.9 Å². The lowest BCUT2D eigenvalue weighted by molar-refractivity contribution is -0.125. The molecule has 6 heteroatoms. The normalized spacial score (nSPS) is 16.0. The Labute approximate surface area is 193 Å². The summed E-state index contributed by atoms with van der Waals surface area (Å²) in [5, 5.41) is 12.0. The van der Waals surface area contributed by atoms with Crippen LogP contribution < -0.4 is 10.2 Å². The maximum absolute atomic E-state index is 13.4. The summed E-state index contributed by atoms with van der Waals surface area (Å²) >= 11 is 0. The topological polar surface area (TPSA) is 71.3 Å². The second-order valence-corrected chi connectivity index (χ2v) is 8.30. The lowest BCUT2D eigenvalue weighted by atomic mass is 9.94. The molecule has 33 heavy (non-hydrogen) atoms. The fraction of sp³-hybridized carbons (Fsp3) is 0.222. The minimum absolute atomic E-state index is 0.0672. The van der Waals surface area contributed by atoms with Crippen molar-refractivity contribution in [3.8, 4) is 11.5 Å². The van der Waals surface area contributed by atoms with E-state index < -0.39 is 0 Å². The van der Waals surface area contributed by atoms with E-state index in [1.807, 2.05) is 60.7 Å².